The zero-order valence-electron chi connectivity index (χ0n) is 20.5. The third-order valence-corrected chi connectivity index (χ3v) is 5.80. The van der Waals surface area contributed by atoms with Crippen LogP contribution >= 0.6 is 0 Å². The number of halogens is 3. The highest BCUT2D eigenvalue weighted by atomic mass is 19.4. The monoisotopic (exact) mass is 508 g/mol. The van der Waals surface area contributed by atoms with E-state index in [4.69, 9.17) is 4.74 Å². The number of nitrogens with one attached hydrogen (secondary N) is 1. The molecular weight excluding hydrogens is 481 g/mol. The molecule has 1 aromatic heterocycles. The molecule has 192 valence electrons. The second kappa shape index (κ2) is 11.3. The van der Waals surface area contributed by atoms with Crippen LogP contribution in [0.2, 0.25) is 0 Å². The van der Waals surface area contributed by atoms with Crippen LogP contribution in [0.5, 0.6) is 11.5 Å². The van der Waals surface area contributed by atoms with Crippen molar-refractivity contribution >= 4 is 0 Å². The van der Waals surface area contributed by atoms with E-state index >= 15 is 0 Å². The van der Waals surface area contributed by atoms with Gasteiger partial charge in [-0.15, -0.1) is 13.2 Å². The Hall–Kier alpha value is -4.04. The molecule has 0 unspecified atom stereocenters. The highest BCUT2D eigenvalue weighted by molar-refractivity contribution is 5.74. The Morgan fingerprint density at radius 2 is 1.59 bits per heavy atom. The molecule has 0 aliphatic rings. The molecule has 5 nitrogen and oxygen atoms in total. The molecule has 8 heteroatoms. The minimum atomic E-state index is -4.83. The smallest absolute Gasteiger partial charge is 0.494 e. The number of hydrogen-bond acceptors (Lipinski definition) is 4. The van der Waals surface area contributed by atoms with E-state index in [2.05, 4.69) is 10.1 Å². The number of rotatable bonds is 9. The number of aromatic nitrogens is 1. The van der Waals surface area contributed by atoms with Crippen molar-refractivity contribution in [2.75, 3.05) is 20.2 Å². The largest absolute Gasteiger partial charge is 0.573 e. The van der Waals surface area contributed by atoms with E-state index in [-0.39, 0.29) is 11.2 Å². The molecule has 3 aromatic carbocycles. The molecule has 0 spiro atoms. The average molecular weight is 509 g/mol. The second-order valence-electron chi connectivity index (χ2n) is 8.44. The van der Waals surface area contributed by atoms with Gasteiger partial charge in [0.05, 0.1) is 18.0 Å². The lowest BCUT2D eigenvalue weighted by Gasteiger charge is -2.22. The van der Waals surface area contributed by atoms with Gasteiger partial charge in [-0.1, -0.05) is 36.4 Å². The van der Waals surface area contributed by atoms with Gasteiger partial charge in [-0.2, -0.15) is 0 Å². The maximum absolute atomic E-state index is 13.1. The lowest BCUT2D eigenvalue weighted by molar-refractivity contribution is -0.274. The Morgan fingerprint density at radius 1 is 0.865 bits per heavy atom. The van der Waals surface area contributed by atoms with Crippen molar-refractivity contribution in [3.63, 3.8) is 0 Å². The third kappa shape index (κ3) is 6.40. The Labute approximate surface area is 213 Å². The Kier molecular flexibility index (Phi) is 7.98. The molecule has 0 saturated heterocycles. The van der Waals surface area contributed by atoms with Crippen molar-refractivity contribution in [1.29, 1.82) is 0 Å². The standard InChI is InChI=1S/C29H27F3N2O3/c1-20-27(35)19-26(21-8-4-3-5-9-21)34(23-10-6-11-25(18-23)37-29(30,31)32)28(20)22-12-14-24(15-13-22)36-17-7-16-33-2/h3-6,8-15,18-19,33H,7,16-17H2,1-2H3. The summed E-state index contributed by atoms with van der Waals surface area (Å²) in [4.78, 5) is 13.1. The number of pyridine rings is 1. The van der Waals surface area contributed by atoms with Crippen LogP contribution in [-0.4, -0.2) is 31.1 Å². The normalized spacial score (nSPS) is 11.4. The molecule has 0 radical (unpaired) electrons. The highest BCUT2D eigenvalue weighted by Gasteiger charge is 2.31. The van der Waals surface area contributed by atoms with Gasteiger partial charge < -0.3 is 19.4 Å². The molecule has 0 amide bonds. The fourth-order valence-electron chi connectivity index (χ4n) is 4.10. The molecular formula is C29H27F3N2O3. The fourth-order valence-corrected chi connectivity index (χ4v) is 4.10. The van der Waals surface area contributed by atoms with E-state index in [0.29, 0.717) is 35.0 Å². The van der Waals surface area contributed by atoms with Crippen LogP contribution in [0.3, 0.4) is 0 Å². The summed E-state index contributed by atoms with van der Waals surface area (Å²) in [6.45, 7) is 3.10. The van der Waals surface area contributed by atoms with Crippen molar-refractivity contribution in [3.8, 4) is 39.7 Å². The van der Waals surface area contributed by atoms with Crippen LogP contribution in [-0.2, 0) is 0 Å². The van der Waals surface area contributed by atoms with Gasteiger partial charge in [0.1, 0.15) is 11.5 Å². The molecule has 4 rings (SSSR count). The first-order valence-corrected chi connectivity index (χ1v) is 11.8. The summed E-state index contributed by atoms with van der Waals surface area (Å²) >= 11 is 0. The van der Waals surface area contributed by atoms with E-state index in [9.17, 15) is 18.0 Å². The summed E-state index contributed by atoms with van der Waals surface area (Å²) in [5, 5.41) is 3.07. The molecule has 4 aromatic rings. The van der Waals surface area contributed by atoms with E-state index in [1.807, 2.05) is 61.6 Å². The van der Waals surface area contributed by atoms with Crippen LogP contribution in [0.1, 0.15) is 12.0 Å². The summed E-state index contributed by atoms with van der Waals surface area (Å²) in [7, 11) is 1.88. The summed E-state index contributed by atoms with van der Waals surface area (Å²) in [6.07, 6.45) is -3.97. The number of nitrogens with zero attached hydrogens (tertiary/aromatic N) is 1. The van der Waals surface area contributed by atoms with Gasteiger partial charge in [-0.3, -0.25) is 4.79 Å². The fraction of sp³-hybridized carbons (Fsp3) is 0.207. The summed E-state index contributed by atoms with van der Waals surface area (Å²) < 4.78 is 50.7. The van der Waals surface area contributed by atoms with Gasteiger partial charge in [-0.25, -0.2) is 0 Å². The Balaban J connectivity index is 1.88. The minimum absolute atomic E-state index is 0.180. The Morgan fingerprint density at radius 3 is 2.27 bits per heavy atom. The first-order valence-electron chi connectivity index (χ1n) is 11.8. The maximum Gasteiger partial charge on any atom is 0.573 e. The van der Waals surface area contributed by atoms with Crippen molar-refractivity contribution in [2.45, 2.75) is 19.7 Å². The quantitative estimate of drug-likeness (QED) is 0.267. The lowest BCUT2D eigenvalue weighted by Crippen LogP contribution is -2.18. The van der Waals surface area contributed by atoms with Gasteiger partial charge in [-0.05, 0) is 74.5 Å². The third-order valence-electron chi connectivity index (χ3n) is 5.80. The highest BCUT2D eigenvalue weighted by Crippen LogP contribution is 2.34. The van der Waals surface area contributed by atoms with Gasteiger partial charge >= 0.3 is 6.36 Å². The van der Waals surface area contributed by atoms with Crippen molar-refractivity contribution in [2.24, 2.45) is 0 Å². The topological polar surface area (TPSA) is 52.5 Å². The molecule has 0 aliphatic carbocycles. The average Bonchev–Trinajstić information content (AvgIpc) is 2.88. The zero-order chi connectivity index (χ0) is 26.4. The molecule has 0 bridgehead atoms. The second-order valence-corrected chi connectivity index (χ2v) is 8.44. The SMILES string of the molecule is CNCCCOc1ccc(-c2c(C)c(=O)cc(-c3ccccc3)n2-c2cccc(OC(F)(F)F)c2)cc1. The molecule has 1 heterocycles. The molecule has 0 saturated carbocycles. The van der Waals surface area contributed by atoms with Gasteiger partial charge in [0.25, 0.3) is 0 Å². The van der Waals surface area contributed by atoms with Gasteiger partial charge in [0.15, 0.2) is 5.43 Å². The van der Waals surface area contributed by atoms with Crippen LogP contribution in [0.25, 0.3) is 28.2 Å². The minimum Gasteiger partial charge on any atom is -0.494 e. The number of benzene rings is 3. The van der Waals surface area contributed by atoms with Crippen molar-refractivity contribution in [3.05, 3.63) is 101 Å². The van der Waals surface area contributed by atoms with Crippen LogP contribution in [0.15, 0.2) is 89.7 Å². The number of hydrogen-bond donors (Lipinski definition) is 1. The van der Waals surface area contributed by atoms with Gasteiger partial charge in [0, 0.05) is 23.4 Å². The predicted octanol–water partition coefficient (Wildman–Crippen LogP) is 6.37. The zero-order valence-corrected chi connectivity index (χ0v) is 20.5. The first-order chi connectivity index (χ1) is 17.8. The molecule has 0 atom stereocenters. The summed E-state index contributed by atoms with van der Waals surface area (Å²) in [6, 6.07) is 23.8. The molecule has 1 N–H and O–H groups in total. The lowest BCUT2D eigenvalue weighted by atomic mass is 10.0. The first kappa shape index (κ1) is 26.0. The Bertz CT molecular complexity index is 1400. The maximum atomic E-state index is 13.1. The van der Waals surface area contributed by atoms with E-state index < -0.39 is 6.36 Å². The van der Waals surface area contributed by atoms with Crippen LogP contribution in [0, 0.1) is 6.92 Å². The molecule has 0 fully saturated rings. The molecule has 0 aliphatic heterocycles. The van der Waals surface area contributed by atoms with E-state index in [0.717, 1.165) is 24.1 Å². The van der Waals surface area contributed by atoms with Crippen molar-refractivity contribution in [1.82, 2.24) is 9.88 Å². The van der Waals surface area contributed by atoms with Gasteiger partial charge in [0.2, 0.25) is 0 Å². The number of ether oxygens (including phenoxy) is 2. The van der Waals surface area contributed by atoms with Crippen molar-refractivity contribution < 1.29 is 22.6 Å². The van der Waals surface area contributed by atoms with E-state index in [1.54, 1.807) is 17.6 Å². The van der Waals surface area contributed by atoms with Crippen LogP contribution in [0.4, 0.5) is 13.2 Å². The summed E-state index contributed by atoms with van der Waals surface area (Å²) in [5.74, 6) is 0.336. The summed E-state index contributed by atoms with van der Waals surface area (Å²) in [5.41, 5.74) is 3.28. The molecule has 37 heavy (non-hydrogen) atoms. The van der Waals surface area contributed by atoms with E-state index in [1.165, 1.54) is 24.3 Å². The predicted molar refractivity (Wildman–Crippen MR) is 138 cm³/mol. The van der Waals surface area contributed by atoms with Crippen LogP contribution < -0.4 is 20.2 Å². The number of alkyl halides is 3.